The van der Waals surface area contributed by atoms with Crippen LogP contribution in [-0.2, 0) is 13.0 Å². The number of halogens is 1. The molecule has 1 aromatic heterocycles. The molecule has 2 heterocycles. The summed E-state index contributed by atoms with van der Waals surface area (Å²) in [4.78, 5) is 11.2. The van der Waals surface area contributed by atoms with Crippen LogP contribution in [0.4, 0.5) is 5.69 Å². The van der Waals surface area contributed by atoms with Crippen LogP contribution in [0, 0.1) is 11.3 Å². The summed E-state index contributed by atoms with van der Waals surface area (Å²) in [7, 11) is 1.79. The first-order valence-electron chi connectivity index (χ1n) is 9.38. The predicted octanol–water partition coefficient (Wildman–Crippen LogP) is 3.53. The van der Waals surface area contributed by atoms with E-state index in [1.807, 2.05) is 24.3 Å². The molecule has 2 N–H and O–H groups in total. The van der Waals surface area contributed by atoms with Gasteiger partial charge in [0.15, 0.2) is 5.96 Å². The largest absolute Gasteiger partial charge is 0.368 e. The molecule has 150 valence electrons. The molecule has 1 aliphatic heterocycles. The van der Waals surface area contributed by atoms with Crippen molar-refractivity contribution in [2.75, 3.05) is 25.0 Å². The second kappa shape index (κ2) is 11.2. The normalized spacial score (nSPS) is 16.8. The summed E-state index contributed by atoms with van der Waals surface area (Å²) >= 11 is 1.70. The summed E-state index contributed by atoms with van der Waals surface area (Å²) in [6.45, 7) is 4.62. The molecule has 3 rings (SSSR count). The molecule has 28 heavy (non-hydrogen) atoms. The molecule has 0 bridgehead atoms. The summed E-state index contributed by atoms with van der Waals surface area (Å²) in [6.07, 6.45) is 3.14. The maximum Gasteiger partial charge on any atom is 0.191 e. The first-order chi connectivity index (χ1) is 13.2. The maximum absolute atomic E-state index is 9.37. The Morgan fingerprint density at radius 1 is 1.43 bits per heavy atom. The number of thiazole rings is 1. The number of hydrogen-bond acceptors (Lipinski definition) is 5. The quantitative estimate of drug-likeness (QED) is 0.366. The highest BCUT2D eigenvalue weighted by Crippen LogP contribution is 2.23. The average Bonchev–Trinajstić information content (AvgIpc) is 3.19. The van der Waals surface area contributed by atoms with E-state index in [4.69, 9.17) is 0 Å². The summed E-state index contributed by atoms with van der Waals surface area (Å²) in [6, 6.07) is 10.4. The molecule has 0 radical (unpaired) electrons. The zero-order chi connectivity index (χ0) is 19.1. The third kappa shape index (κ3) is 5.82. The number of para-hydroxylation sites is 1. The molecule has 0 saturated carbocycles. The molecule has 1 unspecified atom stereocenters. The molecule has 1 aromatic carbocycles. The van der Waals surface area contributed by atoms with Crippen molar-refractivity contribution >= 4 is 47.0 Å². The van der Waals surface area contributed by atoms with Gasteiger partial charge in [0.05, 0.1) is 28.5 Å². The van der Waals surface area contributed by atoms with Crippen LogP contribution in [-0.4, -0.2) is 37.1 Å². The van der Waals surface area contributed by atoms with Crippen LogP contribution in [0.1, 0.15) is 36.0 Å². The predicted molar refractivity (Wildman–Crippen MR) is 127 cm³/mol. The van der Waals surface area contributed by atoms with Gasteiger partial charge in [-0.25, -0.2) is 4.98 Å². The van der Waals surface area contributed by atoms with Crippen LogP contribution in [0.15, 0.2) is 34.6 Å². The van der Waals surface area contributed by atoms with Crippen molar-refractivity contribution in [2.24, 2.45) is 4.99 Å². The van der Waals surface area contributed by atoms with E-state index in [1.54, 1.807) is 18.4 Å². The summed E-state index contributed by atoms with van der Waals surface area (Å²) in [5, 5.41) is 19.5. The number of nitriles is 1. The zero-order valence-corrected chi connectivity index (χ0v) is 19.5. The van der Waals surface area contributed by atoms with E-state index in [0.29, 0.717) is 12.6 Å². The van der Waals surface area contributed by atoms with Crippen molar-refractivity contribution in [2.45, 2.75) is 38.8 Å². The zero-order valence-electron chi connectivity index (χ0n) is 16.3. The van der Waals surface area contributed by atoms with Gasteiger partial charge in [0.1, 0.15) is 6.07 Å². The number of rotatable bonds is 5. The van der Waals surface area contributed by atoms with Gasteiger partial charge in [-0.15, -0.1) is 35.3 Å². The Balaban J connectivity index is 0.00000280. The standard InChI is InChI=1S/C20H26N6S.HI/c1-3-19-24-17(14-27-19)12-23-20(22-2)25-16-8-6-10-26(13-16)18-9-5-4-7-15(18)11-21;/h4-5,7,9,14,16H,3,6,8,10,12-13H2,1-2H3,(H2,22,23,25);1H. The average molecular weight is 510 g/mol. The van der Waals surface area contributed by atoms with E-state index < -0.39 is 0 Å². The number of aromatic nitrogens is 1. The third-order valence-electron chi connectivity index (χ3n) is 4.69. The minimum absolute atomic E-state index is 0. The van der Waals surface area contributed by atoms with Gasteiger partial charge in [0, 0.05) is 31.6 Å². The highest BCUT2D eigenvalue weighted by molar-refractivity contribution is 14.0. The SMILES string of the molecule is CCc1nc(CNC(=NC)NC2CCCN(c3ccccc3C#N)C2)cs1.I. The van der Waals surface area contributed by atoms with Gasteiger partial charge in [0.25, 0.3) is 0 Å². The number of aliphatic imine (C=N–C) groups is 1. The lowest BCUT2D eigenvalue weighted by atomic mass is 10.0. The van der Waals surface area contributed by atoms with Crippen molar-refractivity contribution < 1.29 is 0 Å². The van der Waals surface area contributed by atoms with Crippen LogP contribution in [0.3, 0.4) is 0 Å². The van der Waals surface area contributed by atoms with Crippen LogP contribution in [0.25, 0.3) is 0 Å². The van der Waals surface area contributed by atoms with Crippen LogP contribution in [0.2, 0.25) is 0 Å². The van der Waals surface area contributed by atoms with Crippen LogP contribution >= 0.6 is 35.3 Å². The summed E-state index contributed by atoms with van der Waals surface area (Å²) in [5.41, 5.74) is 2.80. The topological polar surface area (TPSA) is 76.3 Å². The van der Waals surface area contributed by atoms with Gasteiger partial charge < -0.3 is 15.5 Å². The lowest BCUT2D eigenvalue weighted by molar-refractivity contribution is 0.467. The molecular weight excluding hydrogens is 483 g/mol. The molecule has 0 aliphatic carbocycles. The second-order valence-corrected chi connectivity index (χ2v) is 7.51. The number of guanidine groups is 1. The van der Waals surface area contributed by atoms with E-state index in [2.05, 4.69) is 43.9 Å². The van der Waals surface area contributed by atoms with Crippen molar-refractivity contribution in [3.05, 3.63) is 45.9 Å². The Hall–Kier alpha value is -1.86. The lowest BCUT2D eigenvalue weighted by Crippen LogP contribution is -2.51. The number of anilines is 1. The number of nitrogens with zero attached hydrogens (tertiary/aromatic N) is 4. The molecule has 0 amide bonds. The van der Waals surface area contributed by atoms with E-state index in [9.17, 15) is 5.26 Å². The van der Waals surface area contributed by atoms with Crippen LogP contribution < -0.4 is 15.5 Å². The van der Waals surface area contributed by atoms with E-state index in [-0.39, 0.29) is 24.0 Å². The Morgan fingerprint density at radius 2 is 2.25 bits per heavy atom. The minimum atomic E-state index is 0. The number of piperidine rings is 1. The molecule has 1 saturated heterocycles. The van der Waals surface area contributed by atoms with E-state index in [0.717, 1.165) is 60.3 Å². The van der Waals surface area contributed by atoms with E-state index >= 15 is 0 Å². The van der Waals surface area contributed by atoms with Crippen LogP contribution in [0.5, 0.6) is 0 Å². The highest BCUT2D eigenvalue weighted by Gasteiger charge is 2.22. The van der Waals surface area contributed by atoms with Gasteiger partial charge in [-0.1, -0.05) is 19.1 Å². The first-order valence-corrected chi connectivity index (χ1v) is 10.3. The highest BCUT2D eigenvalue weighted by atomic mass is 127. The molecule has 1 aliphatic rings. The van der Waals surface area contributed by atoms with Crippen molar-refractivity contribution in [3.8, 4) is 6.07 Å². The maximum atomic E-state index is 9.37. The Kier molecular flexibility index (Phi) is 8.99. The van der Waals surface area contributed by atoms with Crippen molar-refractivity contribution in [1.82, 2.24) is 15.6 Å². The number of hydrogen-bond donors (Lipinski definition) is 2. The molecule has 8 heteroatoms. The monoisotopic (exact) mass is 510 g/mol. The smallest absolute Gasteiger partial charge is 0.191 e. The number of aryl methyl sites for hydroxylation is 1. The fourth-order valence-corrected chi connectivity index (χ4v) is 4.06. The third-order valence-corrected chi connectivity index (χ3v) is 5.73. The molecular formula is C20H27IN6S. The van der Waals surface area contributed by atoms with E-state index in [1.165, 1.54) is 0 Å². The van der Waals surface area contributed by atoms with Crippen molar-refractivity contribution in [1.29, 1.82) is 5.26 Å². The summed E-state index contributed by atoms with van der Waals surface area (Å²) in [5.74, 6) is 0.793. The molecule has 1 fully saturated rings. The van der Waals surface area contributed by atoms with Gasteiger partial charge in [-0.2, -0.15) is 5.26 Å². The molecule has 1 atom stereocenters. The molecule has 6 nitrogen and oxygen atoms in total. The second-order valence-electron chi connectivity index (χ2n) is 6.57. The van der Waals surface area contributed by atoms with Crippen molar-refractivity contribution in [3.63, 3.8) is 0 Å². The number of nitrogens with one attached hydrogen (secondary N) is 2. The Morgan fingerprint density at radius 3 is 2.96 bits per heavy atom. The Labute approximate surface area is 188 Å². The fourth-order valence-electron chi connectivity index (χ4n) is 3.31. The minimum Gasteiger partial charge on any atom is -0.368 e. The molecule has 2 aromatic rings. The number of benzene rings is 1. The molecule has 0 spiro atoms. The van der Waals surface area contributed by atoms with Gasteiger partial charge in [-0.05, 0) is 31.4 Å². The van der Waals surface area contributed by atoms with Gasteiger partial charge in [-0.3, -0.25) is 4.99 Å². The van der Waals surface area contributed by atoms with Gasteiger partial charge >= 0.3 is 0 Å². The first kappa shape index (κ1) is 22.4. The Bertz CT molecular complexity index is 828. The fraction of sp³-hybridized carbons (Fsp3) is 0.450. The lowest BCUT2D eigenvalue weighted by Gasteiger charge is -2.35. The van der Waals surface area contributed by atoms with Gasteiger partial charge in [0.2, 0.25) is 0 Å². The summed E-state index contributed by atoms with van der Waals surface area (Å²) < 4.78 is 0.